The van der Waals surface area contributed by atoms with Gasteiger partial charge in [0.05, 0.1) is 10.2 Å². The predicted octanol–water partition coefficient (Wildman–Crippen LogP) is 3.40. The molecule has 0 radical (unpaired) electrons. The molecule has 0 amide bonds. The molecule has 18 heavy (non-hydrogen) atoms. The van der Waals surface area contributed by atoms with Crippen LogP contribution in [0, 0.1) is 13.8 Å². The number of rotatable bonds is 3. The molecule has 0 unspecified atom stereocenters. The summed E-state index contributed by atoms with van der Waals surface area (Å²) in [5.41, 5.74) is 2.40. The van der Waals surface area contributed by atoms with Crippen molar-refractivity contribution >= 4 is 22.2 Å². The standard InChI is InChI=1S/C13H13BrN2O2/c1-8-13(9(2)16(3)15-8)18-12-5-4-10(7-17)6-11(12)14/h4-7H,1-3H3. The van der Waals surface area contributed by atoms with Gasteiger partial charge in [-0.2, -0.15) is 5.10 Å². The summed E-state index contributed by atoms with van der Waals surface area (Å²) < 4.78 is 8.37. The third kappa shape index (κ3) is 2.31. The van der Waals surface area contributed by atoms with Crippen LogP contribution in [0.3, 0.4) is 0 Å². The van der Waals surface area contributed by atoms with Crippen molar-refractivity contribution in [2.75, 3.05) is 0 Å². The first kappa shape index (κ1) is 12.8. The third-order valence-electron chi connectivity index (χ3n) is 2.75. The van der Waals surface area contributed by atoms with Gasteiger partial charge in [0.25, 0.3) is 0 Å². The summed E-state index contributed by atoms with van der Waals surface area (Å²) in [6, 6.07) is 5.21. The van der Waals surface area contributed by atoms with Gasteiger partial charge in [0.2, 0.25) is 0 Å². The lowest BCUT2D eigenvalue weighted by Gasteiger charge is -2.08. The van der Waals surface area contributed by atoms with Crippen molar-refractivity contribution in [3.8, 4) is 11.5 Å². The molecule has 1 aromatic heterocycles. The van der Waals surface area contributed by atoms with Crippen LogP contribution >= 0.6 is 15.9 Å². The van der Waals surface area contributed by atoms with E-state index in [2.05, 4.69) is 21.0 Å². The van der Waals surface area contributed by atoms with E-state index in [4.69, 9.17) is 4.74 Å². The van der Waals surface area contributed by atoms with Gasteiger partial charge in [0.15, 0.2) is 5.75 Å². The zero-order chi connectivity index (χ0) is 13.3. The van der Waals surface area contributed by atoms with Gasteiger partial charge in [-0.15, -0.1) is 0 Å². The molecule has 2 aromatic rings. The van der Waals surface area contributed by atoms with Crippen LogP contribution in [0.5, 0.6) is 11.5 Å². The number of nitrogens with zero attached hydrogens (tertiary/aromatic N) is 2. The maximum atomic E-state index is 10.7. The van der Waals surface area contributed by atoms with Crippen molar-refractivity contribution in [3.63, 3.8) is 0 Å². The van der Waals surface area contributed by atoms with Crippen LogP contribution in [0.15, 0.2) is 22.7 Å². The third-order valence-corrected chi connectivity index (χ3v) is 3.37. The van der Waals surface area contributed by atoms with Crippen LogP contribution in [0.4, 0.5) is 0 Å². The largest absolute Gasteiger partial charge is 0.452 e. The Labute approximate surface area is 114 Å². The van der Waals surface area contributed by atoms with Crippen LogP contribution in [-0.2, 0) is 7.05 Å². The summed E-state index contributed by atoms with van der Waals surface area (Å²) >= 11 is 3.39. The summed E-state index contributed by atoms with van der Waals surface area (Å²) in [6.45, 7) is 3.85. The number of aldehydes is 1. The van der Waals surface area contributed by atoms with Crippen LogP contribution < -0.4 is 4.74 Å². The number of aromatic nitrogens is 2. The van der Waals surface area contributed by atoms with E-state index in [1.807, 2.05) is 20.9 Å². The van der Waals surface area contributed by atoms with E-state index in [0.29, 0.717) is 11.3 Å². The lowest BCUT2D eigenvalue weighted by molar-refractivity contribution is 0.112. The second-order valence-electron chi connectivity index (χ2n) is 4.03. The Morgan fingerprint density at radius 2 is 2.11 bits per heavy atom. The zero-order valence-electron chi connectivity index (χ0n) is 10.4. The maximum Gasteiger partial charge on any atom is 0.171 e. The first-order chi connectivity index (χ1) is 8.52. The Morgan fingerprint density at radius 1 is 1.39 bits per heavy atom. The van der Waals surface area contributed by atoms with Crippen LogP contribution in [0.2, 0.25) is 0 Å². The summed E-state index contributed by atoms with van der Waals surface area (Å²) in [5.74, 6) is 1.41. The molecule has 0 aliphatic carbocycles. The lowest BCUT2D eigenvalue weighted by Crippen LogP contribution is -1.93. The highest BCUT2D eigenvalue weighted by Crippen LogP contribution is 2.33. The number of aryl methyl sites for hydroxylation is 2. The second-order valence-corrected chi connectivity index (χ2v) is 4.89. The van der Waals surface area contributed by atoms with E-state index in [1.54, 1.807) is 22.9 Å². The minimum Gasteiger partial charge on any atom is -0.452 e. The van der Waals surface area contributed by atoms with Crippen molar-refractivity contribution < 1.29 is 9.53 Å². The lowest BCUT2D eigenvalue weighted by atomic mass is 10.2. The first-order valence-corrected chi connectivity index (χ1v) is 6.25. The van der Waals surface area contributed by atoms with Crippen LogP contribution in [-0.4, -0.2) is 16.1 Å². The van der Waals surface area contributed by atoms with Crippen LogP contribution in [0.1, 0.15) is 21.7 Å². The fourth-order valence-electron chi connectivity index (χ4n) is 1.69. The van der Waals surface area contributed by atoms with Crippen molar-refractivity contribution in [1.82, 2.24) is 9.78 Å². The van der Waals surface area contributed by atoms with Gasteiger partial charge >= 0.3 is 0 Å². The quantitative estimate of drug-likeness (QED) is 0.816. The highest BCUT2D eigenvalue weighted by Gasteiger charge is 2.13. The van der Waals surface area contributed by atoms with Gasteiger partial charge in [-0.05, 0) is 48.0 Å². The van der Waals surface area contributed by atoms with Gasteiger partial charge in [-0.1, -0.05) is 0 Å². The first-order valence-electron chi connectivity index (χ1n) is 5.45. The van der Waals surface area contributed by atoms with Crippen molar-refractivity contribution in [1.29, 1.82) is 0 Å². The molecular formula is C13H13BrN2O2. The molecule has 0 aliphatic heterocycles. The Hall–Kier alpha value is -1.62. The molecule has 0 N–H and O–H groups in total. The number of hydrogen-bond donors (Lipinski definition) is 0. The molecule has 0 saturated carbocycles. The Kier molecular flexibility index (Phi) is 3.52. The minimum atomic E-state index is 0.605. The molecule has 0 fully saturated rings. The number of halogens is 1. The maximum absolute atomic E-state index is 10.7. The molecule has 2 rings (SSSR count). The molecule has 0 saturated heterocycles. The normalized spacial score (nSPS) is 10.4. The number of benzene rings is 1. The average molecular weight is 309 g/mol. The Balaban J connectivity index is 2.37. The number of carbonyl (C=O) groups excluding carboxylic acids is 1. The molecule has 5 heteroatoms. The Bertz CT molecular complexity index is 605. The molecule has 0 aliphatic rings. The number of ether oxygens (including phenoxy) is 1. The molecule has 94 valence electrons. The van der Waals surface area contributed by atoms with E-state index in [9.17, 15) is 4.79 Å². The van der Waals surface area contributed by atoms with Gasteiger partial charge < -0.3 is 4.74 Å². The van der Waals surface area contributed by atoms with Crippen molar-refractivity contribution in [2.24, 2.45) is 7.05 Å². The summed E-state index contributed by atoms with van der Waals surface area (Å²) in [7, 11) is 1.87. The molecule has 0 atom stereocenters. The molecule has 0 spiro atoms. The highest BCUT2D eigenvalue weighted by molar-refractivity contribution is 9.10. The Morgan fingerprint density at radius 3 is 2.61 bits per heavy atom. The minimum absolute atomic E-state index is 0.605. The zero-order valence-corrected chi connectivity index (χ0v) is 12.0. The summed E-state index contributed by atoms with van der Waals surface area (Å²) in [6.07, 6.45) is 0.801. The van der Waals surface area contributed by atoms with Gasteiger partial charge in [0.1, 0.15) is 17.7 Å². The fraction of sp³-hybridized carbons (Fsp3) is 0.231. The number of hydrogen-bond acceptors (Lipinski definition) is 3. The highest BCUT2D eigenvalue weighted by atomic mass is 79.9. The van der Waals surface area contributed by atoms with Gasteiger partial charge in [-0.25, -0.2) is 0 Å². The van der Waals surface area contributed by atoms with Gasteiger partial charge in [-0.3, -0.25) is 9.48 Å². The van der Waals surface area contributed by atoms with E-state index in [1.165, 1.54) is 0 Å². The SMILES string of the molecule is Cc1nn(C)c(C)c1Oc1ccc(C=O)cc1Br. The molecule has 1 aromatic carbocycles. The van der Waals surface area contributed by atoms with Crippen molar-refractivity contribution in [2.45, 2.75) is 13.8 Å². The summed E-state index contributed by atoms with van der Waals surface area (Å²) in [5, 5.41) is 4.29. The second kappa shape index (κ2) is 4.94. The molecule has 0 bridgehead atoms. The van der Waals surface area contributed by atoms with E-state index >= 15 is 0 Å². The number of carbonyl (C=O) groups is 1. The smallest absolute Gasteiger partial charge is 0.171 e. The molecule has 4 nitrogen and oxygen atoms in total. The molecular weight excluding hydrogens is 296 g/mol. The van der Waals surface area contributed by atoms with E-state index in [-0.39, 0.29) is 0 Å². The fourth-order valence-corrected chi connectivity index (χ4v) is 2.16. The monoisotopic (exact) mass is 308 g/mol. The molecule has 1 heterocycles. The summed E-state index contributed by atoms with van der Waals surface area (Å²) in [4.78, 5) is 10.7. The topological polar surface area (TPSA) is 44.1 Å². The van der Waals surface area contributed by atoms with E-state index in [0.717, 1.165) is 27.9 Å². The van der Waals surface area contributed by atoms with Crippen molar-refractivity contribution in [3.05, 3.63) is 39.6 Å². The average Bonchev–Trinajstić information content (AvgIpc) is 2.58. The van der Waals surface area contributed by atoms with Crippen LogP contribution in [0.25, 0.3) is 0 Å². The van der Waals surface area contributed by atoms with Gasteiger partial charge in [0, 0.05) is 12.6 Å². The predicted molar refractivity (Wildman–Crippen MR) is 72.3 cm³/mol. The van der Waals surface area contributed by atoms with E-state index < -0.39 is 0 Å².